The Morgan fingerprint density at radius 2 is 1.00 bits per heavy atom. The molecule has 1 rings (SSSR count). The molecule has 1 aromatic carbocycles. The second-order valence-corrected chi connectivity index (χ2v) is 19.2. The van der Waals surface area contributed by atoms with Gasteiger partial charge in [-0.1, -0.05) is 77.8 Å². The van der Waals surface area contributed by atoms with Crippen molar-refractivity contribution in [3.8, 4) is 58.1 Å². The van der Waals surface area contributed by atoms with E-state index in [9.17, 15) is 0 Å². The number of benzene rings is 1. The summed E-state index contributed by atoms with van der Waals surface area (Å²) in [5, 5.41) is 0. The zero-order valence-electron chi connectivity index (χ0n) is 21.2. The Hall–Kier alpha value is -2.51. The van der Waals surface area contributed by atoms with Gasteiger partial charge < -0.3 is 9.47 Å². The minimum absolute atomic E-state index is 0.648. The lowest BCUT2D eigenvalue weighted by molar-refractivity contribution is 0.262. The Morgan fingerprint density at radius 3 is 1.31 bits per heavy atom. The molecule has 2 nitrogen and oxygen atoms in total. The van der Waals surface area contributed by atoms with E-state index in [1.807, 2.05) is 12.1 Å². The van der Waals surface area contributed by atoms with E-state index in [0.29, 0.717) is 13.2 Å². The molecule has 32 heavy (non-hydrogen) atoms. The van der Waals surface area contributed by atoms with Crippen LogP contribution in [0.5, 0.6) is 11.5 Å². The molecule has 0 saturated heterocycles. The molecule has 0 aliphatic rings. The van der Waals surface area contributed by atoms with E-state index < -0.39 is 16.1 Å². The molecule has 0 bridgehead atoms. The van der Waals surface area contributed by atoms with Crippen LogP contribution in [0.15, 0.2) is 12.1 Å². The van der Waals surface area contributed by atoms with Crippen LogP contribution >= 0.6 is 0 Å². The first kappa shape index (κ1) is 27.5. The number of ether oxygens (including phenoxy) is 2. The third-order valence-electron chi connectivity index (χ3n) is 3.99. The molecule has 0 unspecified atom stereocenters. The summed E-state index contributed by atoms with van der Waals surface area (Å²) in [6.07, 6.45) is 4.13. The first-order chi connectivity index (χ1) is 15.1. The van der Waals surface area contributed by atoms with Crippen molar-refractivity contribution in [1.29, 1.82) is 0 Å². The largest absolute Gasteiger partial charge is 0.490 e. The Labute approximate surface area is 198 Å². The molecule has 1 aromatic rings. The van der Waals surface area contributed by atoms with Crippen molar-refractivity contribution in [1.82, 2.24) is 0 Å². The van der Waals surface area contributed by atoms with Crippen LogP contribution in [0, 0.1) is 46.6 Å². The molecule has 170 valence electrons. The molecular weight excluding hydrogens is 424 g/mol. The van der Waals surface area contributed by atoms with Crippen LogP contribution in [-0.4, -0.2) is 29.4 Å². The van der Waals surface area contributed by atoms with Crippen LogP contribution in [0.2, 0.25) is 39.3 Å². The molecule has 0 aromatic heterocycles. The minimum atomic E-state index is -1.46. The summed E-state index contributed by atoms with van der Waals surface area (Å²) in [4.78, 5) is 0. The van der Waals surface area contributed by atoms with E-state index >= 15 is 0 Å². The maximum Gasteiger partial charge on any atom is 0.162 e. The second-order valence-electron chi connectivity index (χ2n) is 9.75. The van der Waals surface area contributed by atoms with Gasteiger partial charge in [-0.15, -0.1) is 11.1 Å². The van der Waals surface area contributed by atoms with Crippen LogP contribution in [0.4, 0.5) is 0 Å². The lowest BCUT2D eigenvalue weighted by Crippen LogP contribution is -2.16. The van der Waals surface area contributed by atoms with Gasteiger partial charge in [0.2, 0.25) is 0 Å². The predicted octanol–water partition coefficient (Wildman–Crippen LogP) is 6.51. The Morgan fingerprint density at radius 1 is 0.625 bits per heavy atom. The van der Waals surface area contributed by atoms with Gasteiger partial charge in [-0.3, -0.25) is 0 Å². The number of hydrogen-bond donors (Lipinski definition) is 0. The molecule has 0 aliphatic carbocycles. The summed E-state index contributed by atoms with van der Waals surface area (Å²) in [5.41, 5.74) is 8.17. The minimum Gasteiger partial charge on any atom is -0.490 e. The maximum absolute atomic E-state index is 6.04. The molecule has 0 atom stereocenters. The monoisotopic (exact) mass is 462 g/mol. The van der Waals surface area contributed by atoms with Crippen molar-refractivity contribution in [2.45, 2.75) is 78.8 Å². The fourth-order valence-electron chi connectivity index (χ4n) is 2.28. The molecule has 0 heterocycles. The topological polar surface area (TPSA) is 18.5 Å². The van der Waals surface area contributed by atoms with E-state index in [1.165, 1.54) is 0 Å². The number of hydrogen-bond acceptors (Lipinski definition) is 2. The van der Waals surface area contributed by atoms with Crippen molar-refractivity contribution in [2.24, 2.45) is 0 Å². The summed E-state index contributed by atoms with van der Waals surface area (Å²) < 4.78 is 12.1. The number of unbranched alkanes of at least 4 members (excludes halogenated alkanes) is 2. The van der Waals surface area contributed by atoms with Crippen LogP contribution in [0.1, 0.15) is 50.7 Å². The van der Waals surface area contributed by atoms with Gasteiger partial charge in [-0.25, -0.2) is 0 Å². The van der Waals surface area contributed by atoms with Crippen molar-refractivity contribution < 1.29 is 9.47 Å². The average Bonchev–Trinajstić information content (AvgIpc) is 2.69. The van der Waals surface area contributed by atoms with Gasteiger partial charge in [0, 0.05) is 23.3 Å². The van der Waals surface area contributed by atoms with E-state index in [2.05, 4.69) is 99.7 Å². The van der Waals surface area contributed by atoms with Crippen molar-refractivity contribution in [2.75, 3.05) is 13.2 Å². The normalized spacial score (nSPS) is 10.2. The van der Waals surface area contributed by atoms with Gasteiger partial charge in [-0.2, -0.15) is 0 Å². The fraction of sp³-hybridized carbons (Fsp3) is 0.500. The van der Waals surface area contributed by atoms with Crippen molar-refractivity contribution >= 4 is 16.1 Å². The van der Waals surface area contributed by atoms with E-state index in [-0.39, 0.29) is 0 Å². The molecule has 0 N–H and O–H groups in total. The highest BCUT2D eigenvalue weighted by Crippen LogP contribution is 2.31. The first-order valence-corrected chi connectivity index (χ1v) is 18.6. The first-order valence-electron chi connectivity index (χ1n) is 11.6. The number of rotatable bonds is 8. The summed E-state index contributed by atoms with van der Waals surface area (Å²) in [5.74, 6) is 19.9. The average molecular weight is 463 g/mol. The molecule has 0 amide bonds. The predicted molar refractivity (Wildman–Crippen MR) is 143 cm³/mol. The van der Waals surface area contributed by atoms with Crippen LogP contribution in [-0.2, 0) is 0 Å². The summed E-state index contributed by atoms with van der Waals surface area (Å²) in [6.45, 7) is 18.8. The van der Waals surface area contributed by atoms with Gasteiger partial charge in [0.25, 0.3) is 0 Å². The molecule has 0 radical (unpaired) electrons. The highest BCUT2D eigenvalue weighted by atomic mass is 28.3. The van der Waals surface area contributed by atoms with Gasteiger partial charge in [0.1, 0.15) is 16.1 Å². The SMILES string of the molecule is CCCCOc1cc(C#CC#C[Si](C)(C)C)c(C#CC#C[Si](C)(C)C)cc1OCCCC. The van der Waals surface area contributed by atoms with E-state index in [0.717, 1.165) is 48.3 Å². The maximum atomic E-state index is 6.04. The standard InChI is InChI=1S/C28H38O2Si2/c1-9-11-19-29-27-23-25(17-13-15-21-31(3,4)5)26(18-14-16-22-32(6,7)8)24-28(27)30-20-12-10-2/h23-24H,9-12,19-20H2,1-8H3. The van der Waals surface area contributed by atoms with Gasteiger partial charge >= 0.3 is 0 Å². The highest BCUT2D eigenvalue weighted by Gasteiger charge is 2.11. The summed E-state index contributed by atoms with van der Waals surface area (Å²) in [6, 6.07) is 3.88. The Bertz CT molecular complexity index is 913. The third-order valence-corrected chi connectivity index (χ3v) is 5.74. The fourth-order valence-corrected chi connectivity index (χ4v) is 3.15. The lowest BCUT2D eigenvalue weighted by atomic mass is 10.1. The van der Waals surface area contributed by atoms with E-state index in [1.54, 1.807) is 0 Å². The van der Waals surface area contributed by atoms with Gasteiger partial charge in [0.15, 0.2) is 11.5 Å². The van der Waals surface area contributed by atoms with Crippen molar-refractivity contribution in [3.63, 3.8) is 0 Å². The smallest absolute Gasteiger partial charge is 0.162 e. The quantitative estimate of drug-likeness (QED) is 0.249. The lowest BCUT2D eigenvalue weighted by Gasteiger charge is -2.14. The van der Waals surface area contributed by atoms with Crippen LogP contribution in [0.3, 0.4) is 0 Å². The van der Waals surface area contributed by atoms with Crippen molar-refractivity contribution in [3.05, 3.63) is 23.3 Å². The Kier molecular flexibility index (Phi) is 11.9. The highest BCUT2D eigenvalue weighted by molar-refractivity contribution is 6.84. The van der Waals surface area contributed by atoms with Gasteiger partial charge in [-0.05, 0) is 36.5 Å². The second kappa shape index (κ2) is 13.8. The zero-order valence-corrected chi connectivity index (χ0v) is 23.2. The van der Waals surface area contributed by atoms with Crippen LogP contribution in [0.25, 0.3) is 0 Å². The third kappa shape index (κ3) is 12.4. The molecular formula is C28H38O2Si2. The molecule has 0 fully saturated rings. The Balaban J connectivity index is 3.45. The summed E-state index contributed by atoms with van der Waals surface area (Å²) >= 11 is 0. The summed E-state index contributed by atoms with van der Waals surface area (Å²) in [7, 11) is -2.93. The molecule has 4 heteroatoms. The van der Waals surface area contributed by atoms with Gasteiger partial charge in [0.05, 0.1) is 13.2 Å². The van der Waals surface area contributed by atoms with Crippen LogP contribution < -0.4 is 9.47 Å². The molecule has 0 saturated carbocycles. The molecule has 0 spiro atoms. The zero-order chi connectivity index (χ0) is 24.0. The van der Waals surface area contributed by atoms with E-state index in [4.69, 9.17) is 9.47 Å². The molecule has 0 aliphatic heterocycles.